The summed E-state index contributed by atoms with van der Waals surface area (Å²) in [7, 11) is -4.24. The van der Waals surface area contributed by atoms with Crippen molar-refractivity contribution in [3.05, 3.63) is 41.5 Å². The molecule has 0 radical (unpaired) electrons. The first-order chi connectivity index (χ1) is 12.8. The van der Waals surface area contributed by atoms with Gasteiger partial charge in [-0.2, -0.15) is 25.2 Å². The fourth-order valence-corrected chi connectivity index (χ4v) is 3.60. The van der Waals surface area contributed by atoms with Gasteiger partial charge in [0.1, 0.15) is 11.4 Å². The van der Waals surface area contributed by atoms with E-state index in [0.717, 1.165) is 6.07 Å². The quantitative estimate of drug-likeness (QED) is 0.596. The van der Waals surface area contributed by atoms with Crippen LogP contribution in [0.5, 0.6) is 5.75 Å². The first-order valence-corrected chi connectivity index (χ1v) is 10.8. The fraction of sp³-hybridized carbons (Fsp3) is 0.312. The SMILES string of the molecule is CSCCOc1cccc(F)c1NS(=O)(=O)c1nc2nc(C)cc(C)n2n1. The van der Waals surface area contributed by atoms with E-state index in [1.807, 2.05) is 6.26 Å². The predicted octanol–water partition coefficient (Wildman–Crippen LogP) is 2.42. The minimum absolute atomic E-state index is 0.0986. The lowest BCUT2D eigenvalue weighted by atomic mass is 10.3. The second-order valence-corrected chi connectivity index (χ2v) is 8.27. The second-order valence-electron chi connectivity index (χ2n) is 5.70. The van der Waals surface area contributed by atoms with E-state index in [0.29, 0.717) is 23.7 Å². The molecule has 27 heavy (non-hydrogen) atoms. The second kappa shape index (κ2) is 7.69. The standard InChI is InChI=1S/C16H18FN5O3S2/c1-10-9-11(2)22-15(18-10)19-16(20-22)27(23,24)21-14-12(17)5-4-6-13(14)25-7-8-26-3/h4-6,9,21H,7-8H2,1-3H3. The van der Waals surface area contributed by atoms with Crippen LogP contribution in [0.4, 0.5) is 10.1 Å². The minimum atomic E-state index is -4.24. The highest BCUT2D eigenvalue weighted by molar-refractivity contribution is 7.98. The highest BCUT2D eigenvalue weighted by Crippen LogP contribution is 2.29. The van der Waals surface area contributed by atoms with E-state index in [9.17, 15) is 12.8 Å². The van der Waals surface area contributed by atoms with Gasteiger partial charge in [0, 0.05) is 17.1 Å². The molecule has 2 aromatic heterocycles. The lowest BCUT2D eigenvalue weighted by molar-refractivity contribution is 0.344. The van der Waals surface area contributed by atoms with Crippen molar-refractivity contribution in [2.75, 3.05) is 23.3 Å². The molecule has 11 heteroatoms. The summed E-state index contributed by atoms with van der Waals surface area (Å²) in [5.74, 6) is 0.176. The van der Waals surface area contributed by atoms with Crippen molar-refractivity contribution in [1.82, 2.24) is 19.6 Å². The number of nitrogens with zero attached hydrogens (tertiary/aromatic N) is 4. The van der Waals surface area contributed by atoms with Crippen LogP contribution in [0.15, 0.2) is 29.4 Å². The first kappa shape index (κ1) is 19.4. The molecule has 1 N–H and O–H groups in total. The van der Waals surface area contributed by atoms with Crippen LogP contribution in [0.25, 0.3) is 5.78 Å². The van der Waals surface area contributed by atoms with Crippen LogP contribution in [-0.4, -0.2) is 46.6 Å². The monoisotopic (exact) mass is 411 g/mol. The summed E-state index contributed by atoms with van der Waals surface area (Å²) < 4.78 is 48.7. The Morgan fingerprint density at radius 3 is 2.81 bits per heavy atom. The molecule has 0 fully saturated rings. The van der Waals surface area contributed by atoms with Crippen molar-refractivity contribution in [2.24, 2.45) is 0 Å². The van der Waals surface area contributed by atoms with Gasteiger partial charge in [0.05, 0.1) is 6.61 Å². The van der Waals surface area contributed by atoms with Gasteiger partial charge in [0.2, 0.25) is 0 Å². The van der Waals surface area contributed by atoms with Gasteiger partial charge >= 0.3 is 0 Å². The molecule has 0 aliphatic heterocycles. The molecule has 0 aliphatic rings. The summed E-state index contributed by atoms with van der Waals surface area (Å²) in [5.41, 5.74) is 1.08. The smallest absolute Gasteiger partial charge is 0.299 e. The topological polar surface area (TPSA) is 98.5 Å². The number of nitrogens with one attached hydrogen (secondary N) is 1. The fourth-order valence-electron chi connectivity index (χ4n) is 2.40. The molecular formula is C16H18FN5O3S2. The van der Waals surface area contributed by atoms with Crippen LogP contribution in [0.3, 0.4) is 0 Å². The first-order valence-electron chi connectivity index (χ1n) is 7.96. The zero-order chi connectivity index (χ0) is 19.6. The molecule has 3 aromatic rings. The molecule has 3 rings (SSSR count). The minimum Gasteiger partial charge on any atom is -0.490 e. The Balaban J connectivity index is 1.96. The van der Waals surface area contributed by atoms with E-state index in [2.05, 4.69) is 19.8 Å². The third-order valence-electron chi connectivity index (χ3n) is 3.60. The largest absolute Gasteiger partial charge is 0.490 e. The van der Waals surface area contributed by atoms with E-state index in [1.54, 1.807) is 31.7 Å². The number of para-hydroxylation sites is 1. The van der Waals surface area contributed by atoms with Crippen LogP contribution < -0.4 is 9.46 Å². The zero-order valence-corrected chi connectivity index (χ0v) is 16.6. The number of aromatic nitrogens is 4. The van der Waals surface area contributed by atoms with E-state index < -0.39 is 21.0 Å². The Morgan fingerprint density at radius 2 is 2.07 bits per heavy atom. The number of sulfonamides is 1. The molecule has 0 spiro atoms. The Labute approximate surface area is 160 Å². The molecule has 2 heterocycles. The molecule has 0 bridgehead atoms. The number of fused-ring (bicyclic) bond motifs is 1. The number of aryl methyl sites for hydroxylation is 2. The van der Waals surface area contributed by atoms with Crippen LogP contribution in [-0.2, 0) is 10.0 Å². The zero-order valence-electron chi connectivity index (χ0n) is 14.9. The van der Waals surface area contributed by atoms with E-state index in [1.165, 1.54) is 16.6 Å². The Bertz CT molecular complexity index is 1090. The summed E-state index contributed by atoms with van der Waals surface area (Å²) in [6.45, 7) is 3.84. The molecule has 0 aliphatic carbocycles. The van der Waals surface area contributed by atoms with Gasteiger partial charge in [0.25, 0.3) is 21.0 Å². The number of ether oxygens (including phenoxy) is 1. The van der Waals surface area contributed by atoms with Gasteiger partial charge in [-0.15, -0.1) is 5.10 Å². The summed E-state index contributed by atoms with van der Waals surface area (Å²) in [4.78, 5) is 8.12. The maximum Gasteiger partial charge on any atom is 0.299 e. The Morgan fingerprint density at radius 1 is 1.30 bits per heavy atom. The van der Waals surface area contributed by atoms with Gasteiger partial charge in [-0.1, -0.05) is 6.07 Å². The van der Waals surface area contributed by atoms with Crippen molar-refractivity contribution in [1.29, 1.82) is 0 Å². The number of anilines is 1. The lowest BCUT2D eigenvalue weighted by Gasteiger charge is -2.13. The lowest BCUT2D eigenvalue weighted by Crippen LogP contribution is -2.17. The summed E-state index contributed by atoms with van der Waals surface area (Å²) in [5, 5.41) is 3.48. The summed E-state index contributed by atoms with van der Waals surface area (Å²) >= 11 is 1.56. The van der Waals surface area contributed by atoms with E-state index in [-0.39, 0.29) is 17.2 Å². The highest BCUT2D eigenvalue weighted by Gasteiger charge is 2.25. The molecule has 144 valence electrons. The Kier molecular flexibility index (Phi) is 5.51. The van der Waals surface area contributed by atoms with Gasteiger partial charge in [-0.05, 0) is 38.3 Å². The normalized spacial score (nSPS) is 11.7. The third kappa shape index (κ3) is 4.14. The number of rotatable bonds is 7. The molecule has 0 saturated carbocycles. The van der Waals surface area contributed by atoms with Crippen LogP contribution in [0.2, 0.25) is 0 Å². The van der Waals surface area contributed by atoms with Gasteiger partial charge in [-0.3, -0.25) is 4.72 Å². The van der Waals surface area contributed by atoms with Crippen LogP contribution in [0, 0.1) is 19.7 Å². The number of hydrogen-bond acceptors (Lipinski definition) is 7. The average molecular weight is 411 g/mol. The van der Waals surface area contributed by atoms with Crippen molar-refractivity contribution in [3.8, 4) is 5.75 Å². The number of halogens is 1. The Hall–Kier alpha value is -2.40. The van der Waals surface area contributed by atoms with Gasteiger partial charge in [0.15, 0.2) is 5.82 Å². The van der Waals surface area contributed by atoms with Crippen LogP contribution >= 0.6 is 11.8 Å². The maximum absolute atomic E-state index is 14.3. The van der Waals surface area contributed by atoms with E-state index in [4.69, 9.17) is 4.74 Å². The number of hydrogen-bond donors (Lipinski definition) is 1. The summed E-state index contributed by atoms with van der Waals surface area (Å²) in [6, 6.07) is 5.83. The van der Waals surface area contributed by atoms with Crippen molar-refractivity contribution in [2.45, 2.75) is 19.0 Å². The van der Waals surface area contributed by atoms with Crippen LogP contribution in [0.1, 0.15) is 11.4 Å². The molecule has 0 saturated heterocycles. The average Bonchev–Trinajstić information content (AvgIpc) is 3.03. The van der Waals surface area contributed by atoms with E-state index >= 15 is 0 Å². The third-order valence-corrected chi connectivity index (χ3v) is 5.30. The number of thioether (sulfide) groups is 1. The molecular weight excluding hydrogens is 393 g/mol. The predicted molar refractivity (Wildman–Crippen MR) is 101 cm³/mol. The molecule has 0 atom stereocenters. The summed E-state index contributed by atoms with van der Waals surface area (Å²) in [6.07, 6.45) is 1.91. The van der Waals surface area contributed by atoms with Crippen molar-refractivity contribution >= 4 is 33.3 Å². The van der Waals surface area contributed by atoms with Gasteiger partial charge in [-0.25, -0.2) is 13.9 Å². The van der Waals surface area contributed by atoms with Gasteiger partial charge < -0.3 is 4.74 Å². The van der Waals surface area contributed by atoms with Crippen molar-refractivity contribution < 1.29 is 17.5 Å². The molecule has 8 nitrogen and oxygen atoms in total. The maximum atomic E-state index is 14.3. The molecule has 0 unspecified atom stereocenters. The highest BCUT2D eigenvalue weighted by atomic mass is 32.2. The molecule has 1 aromatic carbocycles. The van der Waals surface area contributed by atoms with Crippen molar-refractivity contribution in [3.63, 3.8) is 0 Å². The molecule has 0 amide bonds. The number of benzene rings is 1.